The van der Waals surface area contributed by atoms with E-state index in [9.17, 15) is 14.9 Å². The predicted octanol–water partition coefficient (Wildman–Crippen LogP) is 3.44. The normalized spacial score (nSPS) is 14.3. The van der Waals surface area contributed by atoms with E-state index in [4.69, 9.17) is 0 Å². The van der Waals surface area contributed by atoms with Crippen molar-refractivity contribution in [3.63, 3.8) is 0 Å². The number of hydrogen-bond acceptors (Lipinski definition) is 5. The molecule has 1 fully saturated rings. The minimum atomic E-state index is -0.423. The lowest BCUT2D eigenvalue weighted by molar-refractivity contribution is -0.384. The molecule has 0 bridgehead atoms. The molecule has 0 N–H and O–H groups in total. The SMILES string of the molecule is O=c1nc(-c2cccs2)c2cc([N+](=O)[O-])ccc2n1CC1CC1. The van der Waals surface area contributed by atoms with Gasteiger partial charge in [0, 0.05) is 24.1 Å². The lowest BCUT2D eigenvalue weighted by atomic mass is 10.1. The Hall–Kier alpha value is -2.54. The number of thiophene rings is 1. The molecule has 6 nitrogen and oxygen atoms in total. The summed E-state index contributed by atoms with van der Waals surface area (Å²) in [7, 11) is 0. The smallest absolute Gasteiger partial charge is 0.292 e. The number of non-ortho nitro benzene ring substituents is 1. The zero-order valence-electron chi connectivity index (χ0n) is 12.1. The molecule has 0 radical (unpaired) electrons. The molecule has 23 heavy (non-hydrogen) atoms. The fourth-order valence-electron chi connectivity index (χ4n) is 2.72. The monoisotopic (exact) mass is 327 g/mol. The molecule has 7 heteroatoms. The number of nitro benzene ring substituents is 1. The second-order valence-electron chi connectivity index (χ2n) is 5.73. The second-order valence-corrected chi connectivity index (χ2v) is 6.68. The van der Waals surface area contributed by atoms with Crippen LogP contribution in [0, 0.1) is 16.0 Å². The Kier molecular flexibility index (Phi) is 3.23. The molecule has 0 aliphatic heterocycles. The highest BCUT2D eigenvalue weighted by molar-refractivity contribution is 7.13. The highest BCUT2D eigenvalue weighted by Gasteiger charge is 2.24. The highest BCUT2D eigenvalue weighted by atomic mass is 32.1. The van der Waals surface area contributed by atoms with Crippen LogP contribution in [0.15, 0.2) is 40.5 Å². The molecule has 1 aliphatic carbocycles. The van der Waals surface area contributed by atoms with Crippen molar-refractivity contribution in [3.05, 3.63) is 56.3 Å². The average Bonchev–Trinajstić information content (AvgIpc) is 3.19. The Bertz CT molecular complexity index is 959. The average molecular weight is 327 g/mol. The number of rotatable bonds is 4. The van der Waals surface area contributed by atoms with E-state index in [0.717, 1.165) is 17.7 Å². The van der Waals surface area contributed by atoms with Gasteiger partial charge in [0.2, 0.25) is 0 Å². The molecule has 1 aliphatic rings. The summed E-state index contributed by atoms with van der Waals surface area (Å²) in [6.45, 7) is 0.630. The van der Waals surface area contributed by atoms with Crippen LogP contribution in [0.25, 0.3) is 21.5 Å². The molecule has 0 unspecified atom stereocenters. The number of hydrogen-bond donors (Lipinski definition) is 0. The quantitative estimate of drug-likeness (QED) is 0.543. The van der Waals surface area contributed by atoms with Crippen LogP contribution in [0.2, 0.25) is 0 Å². The number of aromatic nitrogens is 2. The first-order valence-electron chi connectivity index (χ1n) is 7.36. The maximum atomic E-state index is 12.5. The molecular weight excluding hydrogens is 314 g/mol. The van der Waals surface area contributed by atoms with Crippen LogP contribution in [0.5, 0.6) is 0 Å². The maximum absolute atomic E-state index is 12.5. The van der Waals surface area contributed by atoms with Gasteiger partial charge in [-0.1, -0.05) is 6.07 Å². The van der Waals surface area contributed by atoms with Crippen molar-refractivity contribution in [3.8, 4) is 10.6 Å². The number of nitrogens with zero attached hydrogens (tertiary/aromatic N) is 3. The standard InChI is InChI=1S/C16H13N3O3S/c20-16-17-15(14-2-1-7-23-14)12-8-11(19(21)22)5-6-13(12)18(16)9-10-3-4-10/h1-2,5-8,10H,3-4,9H2. The van der Waals surface area contributed by atoms with Crippen LogP contribution in [-0.2, 0) is 6.54 Å². The van der Waals surface area contributed by atoms with Crippen molar-refractivity contribution < 1.29 is 4.92 Å². The van der Waals surface area contributed by atoms with E-state index in [-0.39, 0.29) is 11.4 Å². The van der Waals surface area contributed by atoms with Crippen molar-refractivity contribution >= 4 is 27.9 Å². The van der Waals surface area contributed by atoms with Crippen LogP contribution >= 0.6 is 11.3 Å². The van der Waals surface area contributed by atoms with Crippen molar-refractivity contribution in [2.45, 2.75) is 19.4 Å². The molecule has 0 atom stereocenters. The predicted molar refractivity (Wildman–Crippen MR) is 88.7 cm³/mol. The van der Waals surface area contributed by atoms with E-state index in [1.165, 1.54) is 23.5 Å². The topological polar surface area (TPSA) is 78.0 Å². The van der Waals surface area contributed by atoms with Gasteiger partial charge in [-0.25, -0.2) is 4.79 Å². The van der Waals surface area contributed by atoms with Gasteiger partial charge in [0.1, 0.15) is 0 Å². The van der Waals surface area contributed by atoms with Crippen molar-refractivity contribution in [2.24, 2.45) is 5.92 Å². The number of benzene rings is 1. The van der Waals surface area contributed by atoms with Crippen molar-refractivity contribution in [2.75, 3.05) is 0 Å². The van der Waals surface area contributed by atoms with Crippen LogP contribution < -0.4 is 5.69 Å². The Morgan fingerprint density at radius 1 is 1.35 bits per heavy atom. The van der Waals surface area contributed by atoms with Gasteiger partial charge in [-0.05, 0) is 36.3 Å². The summed E-state index contributed by atoms with van der Waals surface area (Å²) in [4.78, 5) is 28.2. The van der Waals surface area contributed by atoms with E-state index >= 15 is 0 Å². The molecule has 0 saturated heterocycles. The van der Waals surface area contributed by atoms with Gasteiger partial charge in [0.05, 0.1) is 21.0 Å². The molecule has 2 aromatic heterocycles. The highest BCUT2D eigenvalue weighted by Crippen LogP contribution is 2.34. The van der Waals surface area contributed by atoms with Gasteiger partial charge < -0.3 is 0 Å². The lowest BCUT2D eigenvalue weighted by Gasteiger charge is -2.11. The van der Waals surface area contributed by atoms with E-state index < -0.39 is 4.92 Å². The van der Waals surface area contributed by atoms with Gasteiger partial charge in [0.25, 0.3) is 5.69 Å². The molecular formula is C16H13N3O3S. The zero-order chi connectivity index (χ0) is 16.0. The first kappa shape index (κ1) is 14.1. The molecule has 2 heterocycles. The lowest BCUT2D eigenvalue weighted by Crippen LogP contribution is -2.24. The molecule has 3 aromatic rings. The van der Waals surface area contributed by atoms with Gasteiger partial charge in [-0.3, -0.25) is 14.7 Å². The van der Waals surface area contributed by atoms with E-state index in [1.807, 2.05) is 17.5 Å². The Labute approximate surface area is 135 Å². The van der Waals surface area contributed by atoms with Gasteiger partial charge in [0.15, 0.2) is 0 Å². The fraction of sp³-hybridized carbons (Fsp3) is 0.250. The Morgan fingerprint density at radius 2 is 2.17 bits per heavy atom. The summed E-state index contributed by atoms with van der Waals surface area (Å²) in [5.74, 6) is 0.514. The van der Waals surface area contributed by atoms with Gasteiger partial charge in [-0.15, -0.1) is 11.3 Å². The van der Waals surface area contributed by atoms with Crippen molar-refractivity contribution in [1.82, 2.24) is 9.55 Å². The molecule has 1 aromatic carbocycles. The van der Waals surface area contributed by atoms with E-state index in [1.54, 1.807) is 10.6 Å². The maximum Gasteiger partial charge on any atom is 0.348 e. The summed E-state index contributed by atoms with van der Waals surface area (Å²) in [5.41, 5.74) is 0.956. The molecule has 0 amide bonds. The minimum Gasteiger partial charge on any atom is -0.292 e. The first-order chi connectivity index (χ1) is 11.1. The third-order valence-electron chi connectivity index (χ3n) is 4.07. The first-order valence-corrected chi connectivity index (χ1v) is 8.24. The van der Waals surface area contributed by atoms with E-state index in [0.29, 0.717) is 29.1 Å². The van der Waals surface area contributed by atoms with Gasteiger partial charge in [-0.2, -0.15) is 4.98 Å². The van der Waals surface area contributed by atoms with Gasteiger partial charge >= 0.3 is 5.69 Å². The summed E-state index contributed by atoms with van der Waals surface area (Å²) in [6.07, 6.45) is 2.24. The van der Waals surface area contributed by atoms with Crippen LogP contribution in [0.4, 0.5) is 5.69 Å². The summed E-state index contributed by atoms with van der Waals surface area (Å²) >= 11 is 1.47. The molecule has 0 spiro atoms. The largest absolute Gasteiger partial charge is 0.348 e. The summed E-state index contributed by atoms with van der Waals surface area (Å²) < 4.78 is 1.65. The Morgan fingerprint density at radius 3 is 2.83 bits per heavy atom. The zero-order valence-corrected chi connectivity index (χ0v) is 13.0. The van der Waals surface area contributed by atoms with Crippen molar-refractivity contribution in [1.29, 1.82) is 0 Å². The fourth-order valence-corrected chi connectivity index (χ4v) is 3.45. The van der Waals surface area contributed by atoms with E-state index in [2.05, 4.69) is 4.98 Å². The number of fused-ring (bicyclic) bond motifs is 1. The minimum absolute atomic E-state index is 0.00808. The third kappa shape index (κ3) is 2.53. The molecule has 4 rings (SSSR count). The van der Waals surface area contributed by atoms with Crippen LogP contribution in [-0.4, -0.2) is 14.5 Å². The molecule has 116 valence electrons. The van der Waals surface area contributed by atoms with Crippen LogP contribution in [0.3, 0.4) is 0 Å². The summed E-state index contributed by atoms with van der Waals surface area (Å²) in [6, 6.07) is 8.37. The number of nitro groups is 1. The molecule has 1 saturated carbocycles. The third-order valence-corrected chi connectivity index (χ3v) is 4.94. The van der Waals surface area contributed by atoms with Crippen LogP contribution in [0.1, 0.15) is 12.8 Å². The summed E-state index contributed by atoms with van der Waals surface area (Å²) in [5, 5.41) is 13.7. The second kappa shape index (κ2) is 5.27. The Balaban J connectivity index is 2.02.